The highest BCUT2D eigenvalue weighted by Gasteiger charge is 2.48. The summed E-state index contributed by atoms with van der Waals surface area (Å²) in [6.07, 6.45) is 15.3. The second-order valence-corrected chi connectivity index (χ2v) is 13.5. The first kappa shape index (κ1) is 26.9. The second kappa shape index (κ2) is 10.7. The van der Waals surface area contributed by atoms with E-state index >= 15 is 0 Å². The van der Waals surface area contributed by atoms with Gasteiger partial charge in [0, 0.05) is 37.6 Å². The fraction of sp³-hybridized carbons (Fsp3) is 0.688. The molecule has 41 heavy (non-hydrogen) atoms. The lowest BCUT2D eigenvalue weighted by atomic mass is 9.73. The van der Waals surface area contributed by atoms with Crippen molar-refractivity contribution in [2.45, 2.75) is 120 Å². The molecule has 4 bridgehead atoms. The van der Waals surface area contributed by atoms with Gasteiger partial charge in [0.15, 0.2) is 11.9 Å². The van der Waals surface area contributed by atoms with Crippen molar-refractivity contribution >= 4 is 28.7 Å². The van der Waals surface area contributed by atoms with Gasteiger partial charge in [0.1, 0.15) is 0 Å². The lowest BCUT2D eigenvalue weighted by molar-refractivity contribution is -0.141. The van der Waals surface area contributed by atoms with E-state index in [1.165, 1.54) is 71.1 Å². The molecule has 2 saturated carbocycles. The van der Waals surface area contributed by atoms with Crippen molar-refractivity contribution < 1.29 is 14.7 Å². The smallest absolute Gasteiger partial charge is 0.328 e. The lowest BCUT2D eigenvalue weighted by Crippen LogP contribution is -2.71. The van der Waals surface area contributed by atoms with Gasteiger partial charge in [0.25, 0.3) is 5.56 Å². The van der Waals surface area contributed by atoms with E-state index in [4.69, 9.17) is 4.98 Å². The number of carbonyl (C=O) groups is 2. The summed E-state index contributed by atoms with van der Waals surface area (Å²) in [5, 5.41) is 12.7. The molecule has 1 amide bonds. The molecule has 0 radical (unpaired) electrons. The number of amides is 1. The van der Waals surface area contributed by atoms with Gasteiger partial charge in [-0.3, -0.25) is 14.5 Å². The van der Waals surface area contributed by atoms with Gasteiger partial charge >= 0.3 is 5.97 Å². The fourth-order valence-corrected chi connectivity index (χ4v) is 9.41. The van der Waals surface area contributed by atoms with Crippen LogP contribution in [0, 0.1) is 11.8 Å². The molecule has 9 heteroatoms. The van der Waals surface area contributed by atoms with Crippen LogP contribution >= 0.6 is 0 Å². The summed E-state index contributed by atoms with van der Waals surface area (Å²) >= 11 is 0. The molecule has 220 valence electrons. The molecule has 2 unspecified atom stereocenters. The number of hydrogen-bond donors (Lipinski definition) is 2. The highest BCUT2D eigenvalue weighted by Crippen LogP contribution is 2.47. The third-order valence-electron chi connectivity index (χ3n) is 10.9. The third kappa shape index (κ3) is 4.84. The molecule has 2 aliphatic carbocycles. The topological polar surface area (TPSA) is 108 Å². The number of carbonyl (C=O) groups excluding carboxylic acids is 1. The predicted octanol–water partition coefficient (Wildman–Crippen LogP) is 4.09. The number of piperidine rings is 2. The van der Waals surface area contributed by atoms with E-state index in [0.29, 0.717) is 23.6 Å². The Kier molecular flexibility index (Phi) is 7.04. The summed E-state index contributed by atoms with van der Waals surface area (Å²) < 4.78 is 1.95. The maximum Gasteiger partial charge on any atom is 0.328 e. The van der Waals surface area contributed by atoms with Crippen LogP contribution in [-0.4, -0.2) is 68.2 Å². The Morgan fingerprint density at radius 3 is 2.22 bits per heavy atom. The number of benzene rings is 1. The van der Waals surface area contributed by atoms with Crippen LogP contribution in [0.1, 0.15) is 90.0 Å². The molecular weight excluding hydrogens is 518 g/mol. The van der Waals surface area contributed by atoms with Gasteiger partial charge < -0.3 is 19.9 Å². The van der Waals surface area contributed by atoms with Crippen molar-refractivity contribution in [2.75, 3.05) is 11.4 Å². The van der Waals surface area contributed by atoms with Crippen molar-refractivity contribution in [3.63, 3.8) is 0 Å². The van der Waals surface area contributed by atoms with E-state index in [-0.39, 0.29) is 29.9 Å². The highest BCUT2D eigenvalue weighted by molar-refractivity contribution is 5.85. The largest absolute Gasteiger partial charge is 0.480 e. The number of anilines is 1. The number of aliphatic carboxylic acids is 1. The molecule has 3 saturated heterocycles. The van der Waals surface area contributed by atoms with Crippen LogP contribution < -0.4 is 15.8 Å². The van der Waals surface area contributed by atoms with E-state index in [9.17, 15) is 19.5 Å². The lowest BCUT2D eigenvalue weighted by Gasteiger charge is -2.54. The summed E-state index contributed by atoms with van der Waals surface area (Å²) in [5.41, 5.74) is 1.32. The molecule has 2 N–H and O–H groups in total. The summed E-state index contributed by atoms with van der Waals surface area (Å²) in [6.45, 7) is 1.64. The summed E-state index contributed by atoms with van der Waals surface area (Å²) in [7, 11) is 0. The van der Waals surface area contributed by atoms with E-state index in [1.807, 2.05) is 28.8 Å². The van der Waals surface area contributed by atoms with Crippen LogP contribution in [0.3, 0.4) is 0 Å². The molecule has 2 aromatic rings. The minimum atomic E-state index is -1.06. The summed E-state index contributed by atoms with van der Waals surface area (Å²) in [5.74, 6) is 0.608. The van der Waals surface area contributed by atoms with Crippen LogP contribution in [0.25, 0.3) is 11.0 Å². The summed E-state index contributed by atoms with van der Waals surface area (Å²) in [6, 6.07) is 7.91. The molecule has 1 aromatic heterocycles. The number of fused-ring (bicyclic) bond motifs is 5. The summed E-state index contributed by atoms with van der Waals surface area (Å²) in [4.78, 5) is 47.3. The molecule has 4 heterocycles. The molecule has 5 fully saturated rings. The standard InChI is InChI=1S/C32H43N5O4/c1-19(38)33-27-18-35(29(27)32(40)41)30-31(39)37(28-12-5-4-11-26(28)34-30)25-16-22-9-6-10-23(17-25)36(22)24-14-20-7-2-3-8-21(13-20)15-24/h4-5,11-12,20-25,27,29H,2-3,6-10,13-18H2,1H3,(H,33,38)(H,40,41)/t20?,21?,22-,23+,24?,25+,27-,29+/m1/s1. The number of carboxylic acids is 1. The van der Waals surface area contributed by atoms with Crippen molar-refractivity contribution in [3.8, 4) is 0 Å². The molecule has 0 spiro atoms. The molecule has 7 rings (SSSR count). The Morgan fingerprint density at radius 2 is 1.56 bits per heavy atom. The Balaban J connectivity index is 1.21. The van der Waals surface area contributed by atoms with Crippen LogP contribution in [-0.2, 0) is 9.59 Å². The van der Waals surface area contributed by atoms with Gasteiger partial charge in [-0.15, -0.1) is 0 Å². The van der Waals surface area contributed by atoms with E-state index in [1.54, 1.807) is 4.90 Å². The van der Waals surface area contributed by atoms with E-state index < -0.39 is 18.1 Å². The molecule has 3 aliphatic heterocycles. The zero-order valence-electron chi connectivity index (χ0n) is 24.1. The number of hydrogen-bond acceptors (Lipinski definition) is 6. The molecule has 1 aromatic carbocycles. The van der Waals surface area contributed by atoms with Gasteiger partial charge in [-0.25, -0.2) is 9.78 Å². The quantitative estimate of drug-likeness (QED) is 0.566. The normalized spacial score (nSPS) is 35.4. The van der Waals surface area contributed by atoms with Crippen LogP contribution in [0.5, 0.6) is 0 Å². The van der Waals surface area contributed by atoms with E-state index in [2.05, 4.69) is 10.2 Å². The van der Waals surface area contributed by atoms with Crippen molar-refractivity contribution in [3.05, 3.63) is 34.6 Å². The average molecular weight is 562 g/mol. The molecule has 7 atom stereocenters. The first-order chi connectivity index (χ1) is 19.9. The Hall–Kier alpha value is -2.94. The number of aromatic nitrogens is 2. The van der Waals surface area contributed by atoms with Crippen molar-refractivity contribution in [2.24, 2.45) is 11.8 Å². The zero-order chi connectivity index (χ0) is 28.2. The van der Waals surface area contributed by atoms with Crippen LogP contribution in [0.15, 0.2) is 29.1 Å². The minimum absolute atomic E-state index is 0.0577. The predicted molar refractivity (Wildman–Crippen MR) is 157 cm³/mol. The number of para-hydroxylation sites is 2. The highest BCUT2D eigenvalue weighted by atomic mass is 16.4. The number of nitrogens with zero attached hydrogens (tertiary/aromatic N) is 4. The Bertz CT molecular complexity index is 1360. The fourth-order valence-electron chi connectivity index (χ4n) is 9.41. The van der Waals surface area contributed by atoms with Gasteiger partial charge in [-0.05, 0) is 68.9 Å². The first-order valence-corrected chi connectivity index (χ1v) is 15.9. The second-order valence-electron chi connectivity index (χ2n) is 13.5. The first-order valence-electron chi connectivity index (χ1n) is 15.9. The number of carboxylic acid groups (broad SMARTS) is 1. The monoisotopic (exact) mass is 561 g/mol. The molecular formula is C32H43N5O4. The van der Waals surface area contributed by atoms with Crippen LogP contribution in [0.2, 0.25) is 0 Å². The Morgan fingerprint density at radius 1 is 0.878 bits per heavy atom. The van der Waals surface area contributed by atoms with Crippen molar-refractivity contribution in [1.82, 2.24) is 19.8 Å². The van der Waals surface area contributed by atoms with Crippen molar-refractivity contribution in [1.29, 1.82) is 0 Å². The van der Waals surface area contributed by atoms with Crippen LogP contribution in [0.4, 0.5) is 5.82 Å². The number of rotatable bonds is 5. The van der Waals surface area contributed by atoms with Gasteiger partial charge in [0.2, 0.25) is 5.91 Å². The molecule has 9 nitrogen and oxygen atoms in total. The third-order valence-corrected chi connectivity index (χ3v) is 10.9. The maximum atomic E-state index is 14.3. The molecule has 5 aliphatic rings. The Labute approximate surface area is 241 Å². The SMILES string of the molecule is CC(=O)N[C@@H]1CN(c2nc3ccccc3n([C@H]3C[C@H]4CCC[C@@H](C3)N4C3CC4CCCCC(C4)C3)c2=O)[C@@H]1C(=O)O. The minimum Gasteiger partial charge on any atom is -0.480 e. The average Bonchev–Trinajstić information content (AvgIpc) is 3.08. The maximum absolute atomic E-state index is 14.3. The van der Waals surface area contributed by atoms with E-state index in [0.717, 1.165) is 30.2 Å². The van der Waals surface area contributed by atoms with Gasteiger partial charge in [0.05, 0.1) is 17.1 Å². The zero-order valence-corrected chi connectivity index (χ0v) is 24.1. The van der Waals surface area contributed by atoms with Gasteiger partial charge in [-0.1, -0.05) is 44.2 Å². The number of nitrogens with one attached hydrogen (secondary N) is 1. The van der Waals surface area contributed by atoms with Gasteiger partial charge in [-0.2, -0.15) is 0 Å².